The fraction of sp³-hybridized carbons (Fsp3) is 0.375. The molecule has 1 N–H and O–H groups in total. The molecule has 19 heavy (non-hydrogen) atoms. The average molecular weight is 254 g/mol. The lowest BCUT2D eigenvalue weighted by molar-refractivity contribution is -0.117. The number of fused-ring (bicyclic) bond motifs is 1. The van der Waals surface area contributed by atoms with E-state index >= 15 is 0 Å². The fourth-order valence-corrected chi connectivity index (χ4v) is 2.76. The summed E-state index contributed by atoms with van der Waals surface area (Å²) in [4.78, 5) is 16.7. The third-order valence-corrected chi connectivity index (χ3v) is 3.69. The van der Waals surface area contributed by atoms with Gasteiger partial charge >= 0.3 is 0 Å². The highest BCUT2D eigenvalue weighted by atomic mass is 16.1. The minimum atomic E-state index is 0.0189. The molecule has 0 fully saturated rings. The number of nitrogens with zero attached hydrogens (tertiary/aromatic N) is 1. The number of hydrogen-bond donors (Lipinski definition) is 1. The van der Waals surface area contributed by atoms with Crippen LogP contribution < -0.4 is 5.32 Å². The Hall–Kier alpha value is -1.90. The molecular formula is C16H18N2O. The van der Waals surface area contributed by atoms with E-state index in [2.05, 4.69) is 37.1 Å². The first kappa shape index (κ1) is 12.2. The van der Waals surface area contributed by atoms with Gasteiger partial charge in [0.1, 0.15) is 0 Å². The van der Waals surface area contributed by atoms with Gasteiger partial charge in [-0.15, -0.1) is 0 Å². The Morgan fingerprint density at radius 1 is 1.26 bits per heavy atom. The number of aryl methyl sites for hydroxylation is 1. The average Bonchev–Trinajstić information content (AvgIpc) is 2.45. The Morgan fingerprint density at radius 2 is 2.05 bits per heavy atom. The van der Waals surface area contributed by atoms with Crippen LogP contribution in [0.4, 0.5) is 11.4 Å². The second kappa shape index (κ2) is 4.05. The van der Waals surface area contributed by atoms with Crippen molar-refractivity contribution >= 4 is 23.4 Å². The van der Waals surface area contributed by atoms with Crippen LogP contribution in [0.1, 0.15) is 32.3 Å². The molecule has 0 radical (unpaired) electrons. The quantitative estimate of drug-likeness (QED) is 0.765. The molecule has 1 aromatic carbocycles. The topological polar surface area (TPSA) is 41.5 Å². The number of carbonyl (C=O) groups is 1. The molecule has 2 aliphatic rings. The van der Waals surface area contributed by atoms with E-state index in [4.69, 9.17) is 0 Å². The Labute approximate surface area is 113 Å². The maximum atomic E-state index is 12.2. The summed E-state index contributed by atoms with van der Waals surface area (Å²) >= 11 is 0. The first-order valence-corrected chi connectivity index (χ1v) is 6.63. The third-order valence-electron chi connectivity index (χ3n) is 3.69. The Kier molecular flexibility index (Phi) is 2.59. The molecule has 1 aliphatic heterocycles. The van der Waals surface area contributed by atoms with Gasteiger partial charge in [0.25, 0.3) is 0 Å². The molecule has 0 unspecified atom stereocenters. The second-order valence-electron chi connectivity index (χ2n) is 6.24. The van der Waals surface area contributed by atoms with Gasteiger partial charge < -0.3 is 5.32 Å². The number of aliphatic imine (C=N–C) groups is 1. The highest BCUT2D eigenvalue weighted by molar-refractivity contribution is 6.16. The van der Waals surface area contributed by atoms with Gasteiger partial charge in [0.15, 0.2) is 5.78 Å². The predicted molar refractivity (Wildman–Crippen MR) is 78.0 cm³/mol. The van der Waals surface area contributed by atoms with Crippen molar-refractivity contribution < 1.29 is 4.79 Å². The largest absolute Gasteiger partial charge is 0.356 e. The van der Waals surface area contributed by atoms with Crippen molar-refractivity contribution in [3.05, 3.63) is 35.0 Å². The number of anilines is 1. The molecule has 1 aliphatic carbocycles. The van der Waals surface area contributed by atoms with Crippen molar-refractivity contribution in [2.75, 3.05) is 5.32 Å². The summed E-state index contributed by atoms with van der Waals surface area (Å²) < 4.78 is 0. The number of ketones is 1. The molecule has 3 rings (SSSR count). The van der Waals surface area contributed by atoms with Crippen molar-refractivity contribution in [2.24, 2.45) is 10.4 Å². The minimum absolute atomic E-state index is 0.0189. The number of allylic oxidation sites excluding steroid dienone is 2. The van der Waals surface area contributed by atoms with Crippen LogP contribution in [0.25, 0.3) is 0 Å². The van der Waals surface area contributed by atoms with Gasteiger partial charge in [-0.2, -0.15) is 0 Å². The molecule has 0 atom stereocenters. The SMILES string of the molecule is Cc1ccc2c(c1)NC1=C(C=N2)C(=O)CC(C)(C)C1. The highest BCUT2D eigenvalue weighted by Gasteiger charge is 2.33. The maximum absolute atomic E-state index is 12.2. The van der Waals surface area contributed by atoms with E-state index in [1.165, 1.54) is 5.56 Å². The van der Waals surface area contributed by atoms with Crippen molar-refractivity contribution in [1.82, 2.24) is 0 Å². The summed E-state index contributed by atoms with van der Waals surface area (Å²) in [7, 11) is 0. The zero-order chi connectivity index (χ0) is 13.6. The van der Waals surface area contributed by atoms with Crippen LogP contribution in [0.3, 0.4) is 0 Å². The molecule has 1 aromatic rings. The van der Waals surface area contributed by atoms with E-state index in [0.717, 1.165) is 29.1 Å². The lowest BCUT2D eigenvalue weighted by Crippen LogP contribution is -2.28. The summed E-state index contributed by atoms with van der Waals surface area (Å²) in [5, 5.41) is 3.42. The molecule has 0 bridgehead atoms. The van der Waals surface area contributed by atoms with E-state index in [1.54, 1.807) is 6.21 Å². The Morgan fingerprint density at radius 3 is 2.84 bits per heavy atom. The lowest BCUT2D eigenvalue weighted by atomic mass is 9.76. The van der Waals surface area contributed by atoms with Gasteiger partial charge in [-0.25, -0.2) is 0 Å². The first-order chi connectivity index (χ1) is 8.94. The number of hydrogen-bond acceptors (Lipinski definition) is 3. The van der Waals surface area contributed by atoms with E-state index < -0.39 is 0 Å². The molecular weight excluding hydrogens is 236 g/mol. The standard InChI is InChI=1S/C16H18N2O/c1-10-4-5-12-13(6-10)18-14-7-16(2,3)8-15(19)11(14)9-17-12/h4-6,9,18H,7-8H2,1-3H3. The molecule has 1 heterocycles. The maximum Gasteiger partial charge on any atom is 0.166 e. The van der Waals surface area contributed by atoms with Gasteiger partial charge in [0.2, 0.25) is 0 Å². The van der Waals surface area contributed by atoms with Crippen molar-refractivity contribution in [3.8, 4) is 0 Å². The predicted octanol–water partition coefficient (Wildman–Crippen LogP) is 3.77. The highest BCUT2D eigenvalue weighted by Crippen LogP contribution is 2.39. The number of nitrogens with one attached hydrogen (secondary N) is 1. The summed E-state index contributed by atoms with van der Waals surface area (Å²) in [6.45, 7) is 6.33. The van der Waals surface area contributed by atoms with Crippen LogP contribution in [0.2, 0.25) is 0 Å². The number of carbonyl (C=O) groups excluding carboxylic acids is 1. The van der Waals surface area contributed by atoms with Crippen LogP contribution in [0.5, 0.6) is 0 Å². The van der Waals surface area contributed by atoms with Gasteiger partial charge in [-0.05, 0) is 36.5 Å². The van der Waals surface area contributed by atoms with Crippen LogP contribution in [0, 0.1) is 12.3 Å². The van der Waals surface area contributed by atoms with Gasteiger partial charge in [-0.1, -0.05) is 19.9 Å². The lowest BCUT2D eigenvalue weighted by Gasteiger charge is -2.31. The van der Waals surface area contributed by atoms with E-state index in [-0.39, 0.29) is 11.2 Å². The van der Waals surface area contributed by atoms with Crippen LogP contribution in [0.15, 0.2) is 34.5 Å². The summed E-state index contributed by atoms with van der Waals surface area (Å²) in [6.07, 6.45) is 3.20. The third kappa shape index (κ3) is 2.21. The van der Waals surface area contributed by atoms with E-state index in [9.17, 15) is 4.79 Å². The molecule has 3 heteroatoms. The zero-order valence-corrected chi connectivity index (χ0v) is 11.6. The van der Waals surface area contributed by atoms with E-state index in [0.29, 0.717) is 6.42 Å². The fourth-order valence-electron chi connectivity index (χ4n) is 2.76. The monoisotopic (exact) mass is 254 g/mol. The Bertz CT molecular complexity index is 624. The second-order valence-corrected chi connectivity index (χ2v) is 6.24. The van der Waals surface area contributed by atoms with Crippen molar-refractivity contribution in [2.45, 2.75) is 33.6 Å². The molecule has 0 aromatic heterocycles. The zero-order valence-electron chi connectivity index (χ0n) is 11.6. The smallest absolute Gasteiger partial charge is 0.166 e. The molecule has 0 spiro atoms. The molecule has 0 saturated carbocycles. The summed E-state index contributed by atoms with van der Waals surface area (Å²) in [6, 6.07) is 6.10. The number of benzene rings is 1. The minimum Gasteiger partial charge on any atom is -0.356 e. The van der Waals surface area contributed by atoms with Gasteiger partial charge in [-0.3, -0.25) is 9.79 Å². The summed E-state index contributed by atoms with van der Waals surface area (Å²) in [5.74, 6) is 0.187. The van der Waals surface area contributed by atoms with Crippen molar-refractivity contribution in [3.63, 3.8) is 0 Å². The van der Waals surface area contributed by atoms with E-state index in [1.807, 2.05) is 12.1 Å². The van der Waals surface area contributed by atoms with Gasteiger partial charge in [0, 0.05) is 18.3 Å². The number of rotatable bonds is 0. The van der Waals surface area contributed by atoms with Crippen molar-refractivity contribution in [1.29, 1.82) is 0 Å². The van der Waals surface area contributed by atoms with Crippen LogP contribution in [-0.2, 0) is 4.79 Å². The Balaban J connectivity index is 2.08. The van der Waals surface area contributed by atoms with Crippen LogP contribution in [-0.4, -0.2) is 12.0 Å². The molecule has 0 saturated heterocycles. The van der Waals surface area contributed by atoms with Gasteiger partial charge in [0.05, 0.1) is 16.9 Å². The number of Topliss-reactive ketones (excluding diaryl/α,β-unsaturated/α-hetero) is 1. The normalized spacial score (nSPS) is 20.5. The molecule has 0 amide bonds. The molecule has 98 valence electrons. The molecule has 3 nitrogen and oxygen atoms in total. The van der Waals surface area contributed by atoms with Crippen LogP contribution >= 0.6 is 0 Å². The summed E-state index contributed by atoms with van der Waals surface area (Å²) in [5.41, 5.74) is 4.84. The first-order valence-electron chi connectivity index (χ1n) is 6.63.